The summed E-state index contributed by atoms with van der Waals surface area (Å²) in [6.07, 6.45) is 3.77. The lowest BCUT2D eigenvalue weighted by atomic mass is 9.98. The molecule has 0 bridgehead atoms. The van der Waals surface area contributed by atoms with Gasteiger partial charge in [0.15, 0.2) is 5.65 Å². The van der Waals surface area contributed by atoms with Gasteiger partial charge >= 0.3 is 0 Å². The molecule has 0 atom stereocenters. The van der Waals surface area contributed by atoms with Crippen molar-refractivity contribution in [3.8, 4) is 17.2 Å². The van der Waals surface area contributed by atoms with Crippen molar-refractivity contribution >= 4 is 11.2 Å². The largest absolute Gasteiger partial charge is 0.308 e. The lowest BCUT2D eigenvalue weighted by Crippen LogP contribution is -2.06. The third kappa shape index (κ3) is 3.27. The summed E-state index contributed by atoms with van der Waals surface area (Å²) in [5.41, 5.74) is 6.80. The first-order valence-corrected chi connectivity index (χ1v) is 9.60. The summed E-state index contributed by atoms with van der Waals surface area (Å²) in [6, 6.07) is 20.5. The fourth-order valence-electron chi connectivity index (χ4n) is 3.60. The average Bonchev–Trinajstić information content (AvgIpc) is 3.07. The van der Waals surface area contributed by atoms with Crippen LogP contribution in [0.25, 0.3) is 22.3 Å². The number of aryl methyl sites for hydroxylation is 2. The third-order valence-electron chi connectivity index (χ3n) is 5.02. The highest BCUT2D eigenvalue weighted by atomic mass is 15.1. The first kappa shape index (κ1) is 17.9. The quantitative estimate of drug-likeness (QED) is 0.483. The van der Waals surface area contributed by atoms with Gasteiger partial charge in [0, 0.05) is 12.6 Å². The van der Waals surface area contributed by atoms with Gasteiger partial charge in [-0.15, -0.1) is 0 Å². The molecule has 28 heavy (non-hydrogen) atoms. The molecule has 4 nitrogen and oxygen atoms in total. The van der Waals surface area contributed by atoms with Crippen molar-refractivity contribution in [3.05, 3.63) is 83.3 Å². The molecule has 0 spiro atoms. The highest BCUT2D eigenvalue weighted by Crippen LogP contribution is 2.26. The highest BCUT2D eigenvalue weighted by Gasteiger charge is 2.14. The summed E-state index contributed by atoms with van der Waals surface area (Å²) < 4.78 is 2.19. The van der Waals surface area contributed by atoms with Gasteiger partial charge in [0.1, 0.15) is 11.3 Å². The monoisotopic (exact) mass is 366 g/mol. The Morgan fingerprint density at radius 3 is 2.64 bits per heavy atom. The minimum Gasteiger partial charge on any atom is -0.308 e. The second-order valence-electron chi connectivity index (χ2n) is 7.02. The number of nitriles is 1. The van der Waals surface area contributed by atoms with Crippen LogP contribution in [0.5, 0.6) is 0 Å². The Hall–Kier alpha value is -3.45. The van der Waals surface area contributed by atoms with Crippen LogP contribution in [0.15, 0.2) is 60.8 Å². The lowest BCUT2D eigenvalue weighted by Gasteiger charge is -2.11. The van der Waals surface area contributed by atoms with Gasteiger partial charge in [-0.2, -0.15) is 5.26 Å². The standard InChI is InChI=1S/C24H22N4/c1-3-7-22-27-23-17(2)12-13-26-24(23)28(22)16-18-10-11-21(20(14-18)15-25)19-8-5-4-6-9-19/h4-6,8-14H,3,7,16H2,1-2H3. The Balaban J connectivity index is 1.77. The molecule has 0 fully saturated rings. The molecule has 0 unspecified atom stereocenters. The van der Waals surface area contributed by atoms with Gasteiger partial charge in [-0.1, -0.05) is 49.4 Å². The topological polar surface area (TPSA) is 54.5 Å². The smallest absolute Gasteiger partial charge is 0.160 e. The number of fused-ring (bicyclic) bond motifs is 1. The Bertz CT molecular complexity index is 1170. The number of pyridine rings is 1. The van der Waals surface area contributed by atoms with Crippen molar-refractivity contribution in [2.75, 3.05) is 0 Å². The van der Waals surface area contributed by atoms with E-state index in [1.54, 1.807) is 0 Å². The molecule has 0 N–H and O–H groups in total. The van der Waals surface area contributed by atoms with E-state index < -0.39 is 0 Å². The number of benzene rings is 2. The predicted octanol–water partition coefficient (Wildman–Crippen LogP) is 5.28. The fourth-order valence-corrected chi connectivity index (χ4v) is 3.60. The molecule has 0 aliphatic heterocycles. The Morgan fingerprint density at radius 1 is 1.07 bits per heavy atom. The number of hydrogen-bond donors (Lipinski definition) is 0. The third-order valence-corrected chi connectivity index (χ3v) is 5.02. The minimum atomic E-state index is 0.659. The van der Waals surface area contributed by atoms with Crippen LogP contribution in [-0.2, 0) is 13.0 Å². The van der Waals surface area contributed by atoms with Gasteiger partial charge < -0.3 is 4.57 Å². The van der Waals surface area contributed by atoms with Crippen LogP contribution in [0.3, 0.4) is 0 Å². The SMILES string of the molecule is CCCc1nc2c(C)ccnc2n1Cc1ccc(-c2ccccc2)c(C#N)c1. The molecule has 2 heterocycles. The number of aromatic nitrogens is 3. The number of hydrogen-bond acceptors (Lipinski definition) is 3. The van der Waals surface area contributed by atoms with Crippen LogP contribution in [-0.4, -0.2) is 14.5 Å². The number of nitrogens with zero attached hydrogens (tertiary/aromatic N) is 4. The molecule has 4 aromatic rings. The number of imidazole rings is 1. The molecule has 0 aliphatic carbocycles. The van der Waals surface area contributed by atoms with E-state index in [1.165, 1.54) is 0 Å². The summed E-state index contributed by atoms with van der Waals surface area (Å²) in [5, 5.41) is 9.70. The van der Waals surface area contributed by atoms with Crippen LogP contribution < -0.4 is 0 Å². The van der Waals surface area contributed by atoms with E-state index >= 15 is 0 Å². The van der Waals surface area contributed by atoms with Gasteiger partial charge in [-0.25, -0.2) is 9.97 Å². The van der Waals surface area contributed by atoms with E-state index in [0.29, 0.717) is 12.1 Å². The molecule has 0 radical (unpaired) electrons. The molecule has 2 aromatic heterocycles. The molecule has 4 rings (SSSR count). The zero-order chi connectivity index (χ0) is 19.5. The molecule has 2 aromatic carbocycles. The van der Waals surface area contributed by atoms with Gasteiger partial charge in [-0.3, -0.25) is 0 Å². The average molecular weight is 366 g/mol. The van der Waals surface area contributed by atoms with E-state index in [0.717, 1.165) is 52.1 Å². The zero-order valence-electron chi connectivity index (χ0n) is 16.2. The van der Waals surface area contributed by atoms with Crippen molar-refractivity contribution in [1.82, 2.24) is 14.5 Å². The minimum absolute atomic E-state index is 0.659. The van der Waals surface area contributed by atoms with Crippen LogP contribution in [0.4, 0.5) is 0 Å². The molecular formula is C24H22N4. The van der Waals surface area contributed by atoms with Crippen LogP contribution in [0.2, 0.25) is 0 Å². The molecule has 0 aliphatic rings. The van der Waals surface area contributed by atoms with E-state index in [4.69, 9.17) is 4.98 Å². The molecule has 0 saturated carbocycles. The van der Waals surface area contributed by atoms with E-state index in [9.17, 15) is 5.26 Å². The Morgan fingerprint density at radius 2 is 1.89 bits per heavy atom. The molecule has 0 saturated heterocycles. The Labute approximate surface area is 165 Å². The van der Waals surface area contributed by atoms with Crippen molar-refractivity contribution < 1.29 is 0 Å². The second kappa shape index (κ2) is 7.66. The molecule has 0 amide bonds. The van der Waals surface area contributed by atoms with Crippen LogP contribution >= 0.6 is 0 Å². The maximum absolute atomic E-state index is 9.70. The summed E-state index contributed by atoms with van der Waals surface area (Å²) >= 11 is 0. The molecule has 138 valence electrons. The first-order chi connectivity index (χ1) is 13.7. The number of rotatable bonds is 5. The fraction of sp³-hybridized carbons (Fsp3) is 0.208. The lowest BCUT2D eigenvalue weighted by molar-refractivity contribution is 0.716. The van der Waals surface area contributed by atoms with E-state index in [-0.39, 0.29) is 0 Å². The van der Waals surface area contributed by atoms with E-state index in [2.05, 4.69) is 35.5 Å². The second-order valence-corrected chi connectivity index (χ2v) is 7.02. The van der Waals surface area contributed by atoms with Gasteiger partial charge in [0.25, 0.3) is 0 Å². The van der Waals surface area contributed by atoms with Crippen molar-refractivity contribution in [1.29, 1.82) is 5.26 Å². The summed E-state index contributed by atoms with van der Waals surface area (Å²) in [4.78, 5) is 9.43. The van der Waals surface area contributed by atoms with Crippen molar-refractivity contribution in [2.45, 2.75) is 33.2 Å². The Kier molecular flexibility index (Phi) is 4.90. The maximum Gasteiger partial charge on any atom is 0.160 e. The normalized spacial score (nSPS) is 10.9. The van der Waals surface area contributed by atoms with Crippen molar-refractivity contribution in [2.24, 2.45) is 0 Å². The van der Waals surface area contributed by atoms with Crippen LogP contribution in [0, 0.1) is 18.3 Å². The van der Waals surface area contributed by atoms with Crippen LogP contribution in [0.1, 0.15) is 35.9 Å². The summed E-state index contributed by atoms with van der Waals surface area (Å²) in [6.45, 7) is 4.89. The van der Waals surface area contributed by atoms with Gasteiger partial charge in [0.2, 0.25) is 0 Å². The summed E-state index contributed by atoms with van der Waals surface area (Å²) in [7, 11) is 0. The molecule has 4 heteroatoms. The van der Waals surface area contributed by atoms with Gasteiger partial charge in [-0.05, 0) is 47.7 Å². The highest BCUT2D eigenvalue weighted by molar-refractivity contribution is 5.75. The summed E-state index contributed by atoms with van der Waals surface area (Å²) in [5.74, 6) is 1.05. The molecular weight excluding hydrogens is 344 g/mol. The zero-order valence-corrected chi connectivity index (χ0v) is 16.2. The predicted molar refractivity (Wildman–Crippen MR) is 112 cm³/mol. The van der Waals surface area contributed by atoms with Crippen molar-refractivity contribution in [3.63, 3.8) is 0 Å². The van der Waals surface area contributed by atoms with E-state index in [1.807, 2.05) is 54.7 Å². The van der Waals surface area contributed by atoms with Gasteiger partial charge in [0.05, 0.1) is 18.2 Å². The first-order valence-electron chi connectivity index (χ1n) is 9.60. The maximum atomic E-state index is 9.70.